The topological polar surface area (TPSA) is 63.2 Å². The Hall–Kier alpha value is -3.01. The highest BCUT2D eigenvalue weighted by molar-refractivity contribution is 5.84. The van der Waals surface area contributed by atoms with Crippen LogP contribution in [0.3, 0.4) is 0 Å². The third-order valence-corrected chi connectivity index (χ3v) is 3.05. The van der Waals surface area contributed by atoms with Crippen molar-refractivity contribution in [2.75, 3.05) is 7.11 Å². The molecule has 0 amide bonds. The average Bonchev–Trinajstić information content (AvgIpc) is 2.92. The van der Waals surface area contributed by atoms with Crippen molar-refractivity contribution in [3.8, 4) is 22.9 Å². The average molecular weight is 286 g/mol. The quantitative estimate of drug-likeness (QED) is 0.679. The van der Waals surface area contributed by atoms with E-state index < -0.39 is 11.8 Å². The Morgan fingerprint density at radius 2 is 2.10 bits per heavy atom. The van der Waals surface area contributed by atoms with Crippen molar-refractivity contribution in [2.45, 2.75) is 0 Å². The summed E-state index contributed by atoms with van der Waals surface area (Å²) in [5, 5.41) is 13.2. The number of ether oxygens (including phenoxy) is 1. The van der Waals surface area contributed by atoms with E-state index in [1.165, 1.54) is 24.0 Å². The van der Waals surface area contributed by atoms with Crippen LogP contribution in [0.25, 0.3) is 16.6 Å². The van der Waals surface area contributed by atoms with E-state index in [-0.39, 0.29) is 0 Å². The van der Waals surface area contributed by atoms with Crippen molar-refractivity contribution >= 4 is 5.52 Å². The second kappa shape index (κ2) is 4.83. The zero-order valence-corrected chi connectivity index (χ0v) is 10.8. The van der Waals surface area contributed by atoms with Crippen molar-refractivity contribution in [1.29, 1.82) is 5.26 Å². The van der Waals surface area contributed by atoms with Gasteiger partial charge < -0.3 is 4.74 Å². The van der Waals surface area contributed by atoms with Crippen LogP contribution in [0.2, 0.25) is 0 Å². The number of hydrogen-bond acceptors (Lipinski definition) is 4. The molecular weight excluding hydrogens is 278 g/mol. The molecule has 0 aliphatic rings. The number of methoxy groups -OCH3 is 1. The number of fused-ring (bicyclic) bond motifs is 1. The first kappa shape index (κ1) is 13.0. The van der Waals surface area contributed by atoms with Gasteiger partial charge in [0, 0.05) is 17.3 Å². The molecule has 21 heavy (non-hydrogen) atoms. The Labute approximate surface area is 118 Å². The Morgan fingerprint density at radius 3 is 2.76 bits per heavy atom. The van der Waals surface area contributed by atoms with Crippen molar-refractivity contribution in [1.82, 2.24) is 14.6 Å². The number of aromatic nitrogens is 3. The summed E-state index contributed by atoms with van der Waals surface area (Å²) < 4.78 is 33.0. The van der Waals surface area contributed by atoms with Gasteiger partial charge in [-0.15, -0.1) is 0 Å². The predicted octanol–water partition coefficient (Wildman–Crippen LogP) is 2.55. The molecule has 0 N–H and O–H groups in total. The van der Waals surface area contributed by atoms with Crippen LogP contribution in [0.15, 0.2) is 30.7 Å². The Kier molecular flexibility index (Phi) is 2.99. The van der Waals surface area contributed by atoms with Gasteiger partial charge in [0.2, 0.25) is 5.95 Å². The van der Waals surface area contributed by atoms with Gasteiger partial charge in [-0.3, -0.25) is 0 Å². The normalized spacial score (nSPS) is 10.6. The third-order valence-electron chi connectivity index (χ3n) is 3.05. The van der Waals surface area contributed by atoms with Crippen LogP contribution in [-0.2, 0) is 0 Å². The first-order valence-corrected chi connectivity index (χ1v) is 5.91. The third kappa shape index (κ3) is 2.07. The summed E-state index contributed by atoms with van der Waals surface area (Å²) in [7, 11) is 1.48. The number of nitrogens with zero attached hydrogens (tertiary/aromatic N) is 4. The lowest BCUT2D eigenvalue weighted by Gasteiger charge is -2.08. The van der Waals surface area contributed by atoms with E-state index in [4.69, 9.17) is 10.00 Å². The van der Waals surface area contributed by atoms with Gasteiger partial charge in [-0.05, 0) is 12.1 Å². The molecule has 3 aromatic rings. The maximum atomic E-state index is 13.4. The summed E-state index contributed by atoms with van der Waals surface area (Å²) in [5.74, 6) is -1.77. The fourth-order valence-corrected chi connectivity index (χ4v) is 2.08. The second-order valence-corrected chi connectivity index (χ2v) is 4.25. The van der Waals surface area contributed by atoms with Crippen molar-refractivity contribution in [3.63, 3.8) is 0 Å². The molecule has 3 heterocycles. The summed E-state index contributed by atoms with van der Waals surface area (Å²) in [5.41, 5.74) is 1.60. The van der Waals surface area contributed by atoms with E-state index in [0.717, 1.165) is 6.07 Å². The molecule has 3 rings (SSSR count). The minimum atomic E-state index is -1.17. The standard InChI is InChI=1S/C14H8F2N4O/c1-21-10-3-11(8-2-12(15)14(16)18-5-8)13-9(4-17)6-19-20(13)7-10/h2-3,5-7H,1H3. The number of rotatable bonds is 2. The molecule has 0 atom stereocenters. The minimum Gasteiger partial charge on any atom is -0.495 e. The van der Waals surface area contributed by atoms with Crippen LogP contribution < -0.4 is 4.74 Å². The first-order valence-electron chi connectivity index (χ1n) is 5.91. The second-order valence-electron chi connectivity index (χ2n) is 4.25. The van der Waals surface area contributed by atoms with E-state index in [0.29, 0.717) is 28.0 Å². The van der Waals surface area contributed by atoms with Crippen molar-refractivity contribution in [3.05, 3.63) is 48.1 Å². The van der Waals surface area contributed by atoms with Gasteiger partial charge in [0.25, 0.3) is 0 Å². The highest BCUT2D eigenvalue weighted by Crippen LogP contribution is 2.30. The fraction of sp³-hybridized carbons (Fsp3) is 0.0714. The monoisotopic (exact) mass is 286 g/mol. The molecule has 0 radical (unpaired) electrons. The maximum Gasteiger partial charge on any atom is 0.248 e. The molecular formula is C14H8F2N4O. The van der Waals surface area contributed by atoms with Crippen LogP contribution in [0.4, 0.5) is 8.78 Å². The Bertz CT molecular complexity index is 883. The Balaban J connectivity index is 2.36. The van der Waals surface area contributed by atoms with Crippen molar-refractivity contribution < 1.29 is 13.5 Å². The molecule has 0 unspecified atom stereocenters. The molecule has 7 heteroatoms. The SMILES string of the molecule is COc1cc(-c2cnc(F)c(F)c2)c2c(C#N)cnn2c1. The van der Waals surface area contributed by atoms with Crippen LogP contribution >= 0.6 is 0 Å². The summed E-state index contributed by atoms with van der Waals surface area (Å²) in [6, 6.07) is 4.65. The van der Waals surface area contributed by atoms with Gasteiger partial charge in [0.15, 0.2) is 5.82 Å². The lowest BCUT2D eigenvalue weighted by Crippen LogP contribution is -1.96. The van der Waals surface area contributed by atoms with Crippen LogP contribution in [0.1, 0.15) is 5.56 Å². The summed E-state index contributed by atoms with van der Waals surface area (Å²) >= 11 is 0. The lowest BCUT2D eigenvalue weighted by molar-refractivity contribution is 0.412. The van der Waals surface area contributed by atoms with E-state index in [1.54, 1.807) is 12.3 Å². The molecule has 0 fully saturated rings. The zero-order chi connectivity index (χ0) is 15.0. The molecule has 0 aromatic carbocycles. The van der Waals surface area contributed by atoms with E-state index >= 15 is 0 Å². The summed E-state index contributed by atoms with van der Waals surface area (Å²) in [6.07, 6.45) is 4.18. The van der Waals surface area contributed by atoms with E-state index in [2.05, 4.69) is 10.1 Å². The molecule has 0 saturated carbocycles. The molecule has 0 aliphatic carbocycles. The van der Waals surface area contributed by atoms with Gasteiger partial charge in [-0.2, -0.15) is 14.8 Å². The van der Waals surface area contributed by atoms with E-state index in [1.807, 2.05) is 6.07 Å². The van der Waals surface area contributed by atoms with Gasteiger partial charge in [-0.1, -0.05) is 0 Å². The van der Waals surface area contributed by atoms with Crippen molar-refractivity contribution in [2.24, 2.45) is 0 Å². The highest BCUT2D eigenvalue weighted by Gasteiger charge is 2.15. The number of hydrogen-bond donors (Lipinski definition) is 0. The number of pyridine rings is 2. The molecule has 0 spiro atoms. The summed E-state index contributed by atoms with van der Waals surface area (Å²) in [6.45, 7) is 0. The van der Waals surface area contributed by atoms with Gasteiger partial charge in [0.05, 0.1) is 30.6 Å². The predicted molar refractivity (Wildman–Crippen MR) is 69.6 cm³/mol. The van der Waals surface area contributed by atoms with Crippen LogP contribution in [-0.4, -0.2) is 21.7 Å². The molecule has 0 bridgehead atoms. The minimum absolute atomic E-state index is 0.317. The molecule has 5 nitrogen and oxygen atoms in total. The number of halogens is 2. The Morgan fingerprint density at radius 1 is 1.29 bits per heavy atom. The molecule has 3 aromatic heterocycles. The molecule has 104 valence electrons. The largest absolute Gasteiger partial charge is 0.495 e. The molecule has 0 aliphatic heterocycles. The maximum absolute atomic E-state index is 13.4. The van der Waals surface area contributed by atoms with E-state index in [9.17, 15) is 8.78 Å². The highest BCUT2D eigenvalue weighted by atomic mass is 19.2. The van der Waals surface area contributed by atoms with Crippen LogP contribution in [0, 0.1) is 23.1 Å². The number of nitriles is 1. The lowest BCUT2D eigenvalue weighted by atomic mass is 10.1. The molecule has 0 saturated heterocycles. The summed E-state index contributed by atoms with van der Waals surface area (Å²) in [4.78, 5) is 3.36. The zero-order valence-electron chi connectivity index (χ0n) is 10.8. The van der Waals surface area contributed by atoms with Gasteiger partial charge in [0.1, 0.15) is 11.8 Å². The fourth-order valence-electron chi connectivity index (χ4n) is 2.08. The smallest absolute Gasteiger partial charge is 0.248 e. The van der Waals surface area contributed by atoms with Gasteiger partial charge >= 0.3 is 0 Å². The van der Waals surface area contributed by atoms with Gasteiger partial charge in [-0.25, -0.2) is 13.9 Å². The van der Waals surface area contributed by atoms with Crippen LogP contribution in [0.5, 0.6) is 5.75 Å². The first-order chi connectivity index (χ1) is 10.1.